The monoisotopic (exact) mass is 240 g/mol. The maximum Gasteiger partial charge on any atom is 0.409 e. The van der Waals surface area contributed by atoms with Crippen molar-refractivity contribution in [2.45, 2.75) is 38.5 Å². The summed E-state index contributed by atoms with van der Waals surface area (Å²) in [5.74, 6) is 0.514. The molecule has 2 rings (SSSR count). The predicted octanol–water partition coefficient (Wildman–Crippen LogP) is 2.00. The number of piperidine rings is 1. The molecule has 2 aliphatic heterocycles. The van der Waals surface area contributed by atoms with E-state index in [1.54, 1.807) is 0 Å². The van der Waals surface area contributed by atoms with Crippen molar-refractivity contribution in [3.8, 4) is 0 Å². The molecule has 1 unspecified atom stereocenters. The van der Waals surface area contributed by atoms with Crippen molar-refractivity contribution < 1.29 is 9.53 Å². The smallest absolute Gasteiger partial charge is 0.409 e. The minimum absolute atomic E-state index is 0.0996. The molecule has 0 bridgehead atoms. The maximum absolute atomic E-state index is 11.9. The van der Waals surface area contributed by atoms with Gasteiger partial charge in [0.2, 0.25) is 0 Å². The lowest BCUT2D eigenvalue weighted by molar-refractivity contribution is 0.0838. The average Bonchev–Trinajstić information content (AvgIpc) is 2.66. The fraction of sp³-hybridized carbons (Fsp3) is 0.923. The molecule has 1 N–H and O–H groups in total. The summed E-state index contributed by atoms with van der Waals surface area (Å²) in [7, 11) is 0. The molecule has 4 heteroatoms. The Morgan fingerprint density at radius 3 is 2.59 bits per heavy atom. The number of ether oxygens (including phenoxy) is 1. The van der Waals surface area contributed by atoms with Gasteiger partial charge in [0.15, 0.2) is 0 Å². The number of nitrogens with zero attached hydrogens (tertiary/aromatic N) is 1. The highest BCUT2D eigenvalue weighted by Gasteiger charge is 2.19. The van der Waals surface area contributed by atoms with E-state index in [1.807, 2.05) is 4.90 Å². The van der Waals surface area contributed by atoms with E-state index in [0.29, 0.717) is 12.5 Å². The van der Waals surface area contributed by atoms with Crippen LogP contribution in [0.15, 0.2) is 0 Å². The summed E-state index contributed by atoms with van der Waals surface area (Å²) in [6.45, 7) is 4.44. The number of hydrogen-bond acceptors (Lipinski definition) is 3. The highest BCUT2D eigenvalue weighted by molar-refractivity contribution is 5.67. The molecule has 0 aromatic rings. The van der Waals surface area contributed by atoms with E-state index in [1.165, 1.54) is 25.7 Å². The normalized spacial score (nSPS) is 26.4. The molecule has 2 aliphatic rings. The number of carbonyl (C=O) groups is 1. The van der Waals surface area contributed by atoms with Crippen LogP contribution < -0.4 is 5.32 Å². The summed E-state index contributed by atoms with van der Waals surface area (Å²) in [6.07, 6.45) is 7.02. The van der Waals surface area contributed by atoms with Crippen LogP contribution in [0.2, 0.25) is 0 Å². The molecular formula is C13H24N2O2. The second-order valence-electron chi connectivity index (χ2n) is 5.19. The van der Waals surface area contributed by atoms with Crippen LogP contribution in [-0.2, 0) is 4.74 Å². The molecule has 0 aromatic carbocycles. The van der Waals surface area contributed by atoms with Gasteiger partial charge in [-0.05, 0) is 32.2 Å². The molecule has 4 nitrogen and oxygen atoms in total. The standard InChI is InChI=1S/C13H24N2O2/c16-13(15-8-3-1-2-4-9-15)17-11-12-6-5-7-14-10-12/h12,14H,1-11H2. The molecular weight excluding hydrogens is 216 g/mol. The fourth-order valence-electron chi connectivity index (χ4n) is 2.60. The summed E-state index contributed by atoms with van der Waals surface area (Å²) in [5.41, 5.74) is 0. The molecule has 17 heavy (non-hydrogen) atoms. The van der Waals surface area contributed by atoms with E-state index in [-0.39, 0.29) is 6.09 Å². The molecule has 0 saturated carbocycles. The maximum atomic E-state index is 11.9. The molecule has 2 fully saturated rings. The Labute approximate surface area is 104 Å². The first-order valence-corrected chi connectivity index (χ1v) is 6.98. The first-order chi connectivity index (χ1) is 8.36. The van der Waals surface area contributed by atoms with Gasteiger partial charge in [0.25, 0.3) is 0 Å². The lowest BCUT2D eigenvalue weighted by Crippen LogP contribution is -2.36. The summed E-state index contributed by atoms with van der Waals surface area (Å²) in [4.78, 5) is 13.8. The van der Waals surface area contributed by atoms with Gasteiger partial charge < -0.3 is 15.0 Å². The highest BCUT2D eigenvalue weighted by Crippen LogP contribution is 2.13. The first kappa shape index (κ1) is 12.7. The number of likely N-dealkylation sites (tertiary alicyclic amines) is 1. The van der Waals surface area contributed by atoms with Crippen molar-refractivity contribution in [2.75, 3.05) is 32.8 Å². The topological polar surface area (TPSA) is 41.6 Å². The van der Waals surface area contributed by atoms with Gasteiger partial charge in [-0.3, -0.25) is 0 Å². The Balaban J connectivity index is 1.68. The molecule has 1 atom stereocenters. The van der Waals surface area contributed by atoms with Crippen molar-refractivity contribution in [1.29, 1.82) is 0 Å². The molecule has 2 saturated heterocycles. The second kappa shape index (κ2) is 6.84. The minimum Gasteiger partial charge on any atom is -0.449 e. The van der Waals surface area contributed by atoms with Gasteiger partial charge in [0, 0.05) is 25.6 Å². The predicted molar refractivity (Wildman–Crippen MR) is 67.0 cm³/mol. The zero-order chi connectivity index (χ0) is 11.9. The van der Waals surface area contributed by atoms with E-state index in [2.05, 4.69) is 5.32 Å². The zero-order valence-electron chi connectivity index (χ0n) is 10.6. The molecule has 0 aromatic heterocycles. The van der Waals surface area contributed by atoms with Crippen molar-refractivity contribution in [3.63, 3.8) is 0 Å². The summed E-state index contributed by atoms with van der Waals surface area (Å²) in [6, 6.07) is 0. The van der Waals surface area contributed by atoms with E-state index in [0.717, 1.165) is 39.0 Å². The SMILES string of the molecule is O=C(OCC1CCCNC1)N1CCCCCC1. The van der Waals surface area contributed by atoms with Crippen LogP contribution in [0.1, 0.15) is 38.5 Å². The van der Waals surface area contributed by atoms with Crippen LogP contribution in [0.5, 0.6) is 0 Å². The number of amides is 1. The largest absolute Gasteiger partial charge is 0.449 e. The van der Waals surface area contributed by atoms with Crippen LogP contribution in [0.3, 0.4) is 0 Å². The third-order valence-electron chi connectivity index (χ3n) is 3.71. The molecule has 0 spiro atoms. The van der Waals surface area contributed by atoms with E-state index in [9.17, 15) is 4.79 Å². The Morgan fingerprint density at radius 1 is 1.18 bits per heavy atom. The van der Waals surface area contributed by atoms with Gasteiger partial charge in [0.05, 0.1) is 6.61 Å². The summed E-state index contributed by atoms with van der Waals surface area (Å²) >= 11 is 0. The zero-order valence-corrected chi connectivity index (χ0v) is 10.6. The van der Waals surface area contributed by atoms with Crippen molar-refractivity contribution in [3.05, 3.63) is 0 Å². The third-order valence-corrected chi connectivity index (χ3v) is 3.71. The number of hydrogen-bond donors (Lipinski definition) is 1. The Morgan fingerprint density at radius 2 is 1.94 bits per heavy atom. The lowest BCUT2D eigenvalue weighted by Gasteiger charge is -2.25. The van der Waals surface area contributed by atoms with Gasteiger partial charge in [-0.25, -0.2) is 4.79 Å². The number of rotatable bonds is 2. The first-order valence-electron chi connectivity index (χ1n) is 6.98. The van der Waals surface area contributed by atoms with Gasteiger partial charge in [-0.2, -0.15) is 0 Å². The minimum atomic E-state index is -0.0996. The highest BCUT2D eigenvalue weighted by atomic mass is 16.6. The molecule has 98 valence electrons. The van der Waals surface area contributed by atoms with Gasteiger partial charge in [0.1, 0.15) is 0 Å². The Kier molecular flexibility index (Phi) is 5.10. The molecule has 0 radical (unpaired) electrons. The lowest BCUT2D eigenvalue weighted by atomic mass is 10.0. The van der Waals surface area contributed by atoms with Gasteiger partial charge >= 0.3 is 6.09 Å². The number of nitrogens with one attached hydrogen (secondary N) is 1. The summed E-state index contributed by atoms with van der Waals surface area (Å²) in [5, 5.41) is 3.34. The van der Waals surface area contributed by atoms with Crippen LogP contribution >= 0.6 is 0 Å². The molecule has 2 heterocycles. The Hall–Kier alpha value is -0.770. The summed E-state index contributed by atoms with van der Waals surface area (Å²) < 4.78 is 5.42. The third kappa shape index (κ3) is 4.19. The quantitative estimate of drug-likeness (QED) is 0.802. The van der Waals surface area contributed by atoms with Gasteiger partial charge in [-0.1, -0.05) is 12.8 Å². The number of carbonyl (C=O) groups excluding carboxylic acids is 1. The molecule has 0 aliphatic carbocycles. The fourth-order valence-corrected chi connectivity index (χ4v) is 2.60. The second-order valence-corrected chi connectivity index (χ2v) is 5.19. The van der Waals surface area contributed by atoms with Crippen molar-refractivity contribution in [1.82, 2.24) is 10.2 Å². The molecule has 1 amide bonds. The van der Waals surface area contributed by atoms with E-state index >= 15 is 0 Å². The van der Waals surface area contributed by atoms with Crippen LogP contribution in [0.4, 0.5) is 4.79 Å². The average molecular weight is 240 g/mol. The van der Waals surface area contributed by atoms with Crippen LogP contribution in [0, 0.1) is 5.92 Å². The van der Waals surface area contributed by atoms with Crippen molar-refractivity contribution in [2.24, 2.45) is 5.92 Å². The van der Waals surface area contributed by atoms with Crippen LogP contribution in [-0.4, -0.2) is 43.8 Å². The van der Waals surface area contributed by atoms with E-state index in [4.69, 9.17) is 4.74 Å². The van der Waals surface area contributed by atoms with Gasteiger partial charge in [-0.15, -0.1) is 0 Å². The van der Waals surface area contributed by atoms with E-state index < -0.39 is 0 Å². The van der Waals surface area contributed by atoms with Crippen molar-refractivity contribution >= 4 is 6.09 Å². The van der Waals surface area contributed by atoms with Crippen LogP contribution in [0.25, 0.3) is 0 Å². The Bertz CT molecular complexity index is 232.